The Kier molecular flexibility index (Phi) is 7.14. The molecule has 0 aromatic carbocycles. The zero-order chi connectivity index (χ0) is 11.9. The summed E-state index contributed by atoms with van der Waals surface area (Å²) in [5, 5.41) is 0. The average Bonchev–Trinajstić information content (AvgIpc) is 2.14. The summed E-state index contributed by atoms with van der Waals surface area (Å²) in [4.78, 5) is 4.75. The highest BCUT2D eigenvalue weighted by Gasteiger charge is 2.19. The molecule has 3 heteroatoms. The van der Waals surface area contributed by atoms with Crippen molar-refractivity contribution < 1.29 is 0 Å². The van der Waals surface area contributed by atoms with Crippen molar-refractivity contribution in [3.8, 4) is 0 Å². The lowest BCUT2D eigenvalue weighted by Crippen LogP contribution is -2.41. The first-order valence-corrected chi connectivity index (χ1v) is 5.98. The molecular weight excluding hydrogens is 186 g/mol. The molecule has 0 saturated heterocycles. The summed E-state index contributed by atoms with van der Waals surface area (Å²) in [5.74, 6) is 0. The van der Waals surface area contributed by atoms with Crippen molar-refractivity contribution in [2.24, 2.45) is 11.1 Å². The fraction of sp³-hybridized carbons (Fsp3) is 1.00. The van der Waals surface area contributed by atoms with Crippen LogP contribution in [0, 0.1) is 5.41 Å². The van der Waals surface area contributed by atoms with Crippen molar-refractivity contribution in [2.45, 2.75) is 27.2 Å². The van der Waals surface area contributed by atoms with Crippen LogP contribution in [0.15, 0.2) is 0 Å². The normalized spacial score (nSPS) is 12.8. The van der Waals surface area contributed by atoms with Gasteiger partial charge in [-0.05, 0) is 39.0 Å². The SMILES string of the molecule is CCCN(CCN(C)C)CC(C)(C)CN. The second-order valence-electron chi connectivity index (χ2n) is 5.45. The van der Waals surface area contributed by atoms with E-state index in [0.717, 1.165) is 26.2 Å². The van der Waals surface area contributed by atoms with Crippen LogP contribution in [-0.4, -0.2) is 56.6 Å². The van der Waals surface area contributed by atoms with Crippen LogP contribution >= 0.6 is 0 Å². The Morgan fingerprint density at radius 2 is 1.67 bits per heavy atom. The zero-order valence-electron chi connectivity index (χ0n) is 11.2. The minimum atomic E-state index is 0.238. The van der Waals surface area contributed by atoms with Gasteiger partial charge in [0.2, 0.25) is 0 Å². The van der Waals surface area contributed by atoms with E-state index in [1.165, 1.54) is 13.0 Å². The standard InChI is InChI=1S/C12H29N3/c1-6-7-15(9-8-14(4)5)11-12(2,3)10-13/h6-11,13H2,1-5H3. The molecular formula is C12H29N3. The zero-order valence-corrected chi connectivity index (χ0v) is 11.2. The highest BCUT2D eigenvalue weighted by atomic mass is 15.2. The third-order valence-electron chi connectivity index (χ3n) is 2.61. The molecule has 0 aromatic rings. The summed E-state index contributed by atoms with van der Waals surface area (Å²) in [6.45, 7) is 12.0. The number of likely N-dealkylation sites (N-methyl/N-ethyl adjacent to an activating group) is 1. The molecule has 0 rings (SSSR count). The maximum Gasteiger partial charge on any atom is 0.0109 e. The van der Waals surface area contributed by atoms with Gasteiger partial charge in [-0.1, -0.05) is 20.8 Å². The van der Waals surface area contributed by atoms with Crippen molar-refractivity contribution in [3.05, 3.63) is 0 Å². The maximum absolute atomic E-state index is 5.77. The molecule has 0 atom stereocenters. The molecule has 0 aliphatic heterocycles. The largest absolute Gasteiger partial charge is 0.330 e. The van der Waals surface area contributed by atoms with Gasteiger partial charge in [0.05, 0.1) is 0 Å². The molecule has 15 heavy (non-hydrogen) atoms. The minimum absolute atomic E-state index is 0.238. The van der Waals surface area contributed by atoms with Crippen LogP contribution in [0.5, 0.6) is 0 Å². The molecule has 3 nitrogen and oxygen atoms in total. The fourth-order valence-electron chi connectivity index (χ4n) is 1.60. The van der Waals surface area contributed by atoms with Crippen molar-refractivity contribution in [2.75, 3.05) is 46.8 Å². The third kappa shape index (κ3) is 7.77. The van der Waals surface area contributed by atoms with E-state index >= 15 is 0 Å². The number of hydrogen-bond donors (Lipinski definition) is 1. The summed E-state index contributed by atoms with van der Waals surface area (Å²) < 4.78 is 0. The van der Waals surface area contributed by atoms with Gasteiger partial charge >= 0.3 is 0 Å². The highest BCUT2D eigenvalue weighted by Crippen LogP contribution is 2.14. The molecule has 2 N–H and O–H groups in total. The van der Waals surface area contributed by atoms with Crippen LogP contribution in [0.3, 0.4) is 0 Å². The van der Waals surface area contributed by atoms with E-state index in [2.05, 4.69) is 44.7 Å². The van der Waals surface area contributed by atoms with E-state index in [-0.39, 0.29) is 5.41 Å². The quantitative estimate of drug-likeness (QED) is 0.661. The van der Waals surface area contributed by atoms with E-state index in [0.29, 0.717) is 0 Å². The average molecular weight is 215 g/mol. The Labute approximate surface area is 95.6 Å². The van der Waals surface area contributed by atoms with Gasteiger partial charge in [-0.2, -0.15) is 0 Å². The first kappa shape index (κ1) is 14.9. The molecule has 0 spiro atoms. The molecule has 0 amide bonds. The smallest absolute Gasteiger partial charge is 0.0109 e. The van der Waals surface area contributed by atoms with Crippen LogP contribution in [0.4, 0.5) is 0 Å². The monoisotopic (exact) mass is 215 g/mol. The predicted molar refractivity (Wildman–Crippen MR) is 68.1 cm³/mol. The lowest BCUT2D eigenvalue weighted by atomic mass is 9.93. The number of hydrogen-bond acceptors (Lipinski definition) is 3. The number of rotatable bonds is 8. The van der Waals surface area contributed by atoms with Crippen molar-refractivity contribution in [1.29, 1.82) is 0 Å². The maximum atomic E-state index is 5.77. The van der Waals surface area contributed by atoms with Crippen LogP contribution in [0.25, 0.3) is 0 Å². The Hall–Kier alpha value is -0.120. The van der Waals surface area contributed by atoms with E-state index < -0.39 is 0 Å². The number of nitrogens with zero attached hydrogens (tertiary/aromatic N) is 2. The van der Waals surface area contributed by atoms with Crippen molar-refractivity contribution >= 4 is 0 Å². The van der Waals surface area contributed by atoms with Gasteiger partial charge in [-0.15, -0.1) is 0 Å². The van der Waals surface area contributed by atoms with E-state index in [4.69, 9.17) is 5.73 Å². The van der Waals surface area contributed by atoms with Crippen LogP contribution in [-0.2, 0) is 0 Å². The molecule has 0 unspecified atom stereocenters. The van der Waals surface area contributed by atoms with Gasteiger partial charge in [0.25, 0.3) is 0 Å². The van der Waals surface area contributed by atoms with Crippen molar-refractivity contribution in [3.63, 3.8) is 0 Å². The van der Waals surface area contributed by atoms with Crippen LogP contribution < -0.4 is 5.73 Å². The second kappa shape index (κ2) is 7.20. The van der Waals surface area contributed by atoms with Gasteiger partial charge in [0.15, 0.2) is 0 Å². The fourth-order valence-corrected chi connectivity index (χ4v) is 1.60. The Morgan fingerprint density at radius 3 is 2.07 bits per heavy atom. The summed E-state index contributed by atoms with van der Waals surface area (Å²) in [7, 11) is 4.25. The lowest BCUT2D eigenvalue weighted by molar-refractivity contribution is 0.169. The highest BCUT2D eigenvalue weighted by molar-refractivity contribution is 4.75. The first-order valence-electron chi connectivity index (χ1n) is 5.98. The lowest BCUT2D eigenvalue weighted by Gasteiger charge is -2.32. The molecule has 0 heterocycles. The molecule has 0 radical (unpaired) electrons. The van der Waals surface area contributed by atoms with Crippen LogP contribution in [0.1, 0.15) is 27.2 Å². The van der Waals surface area contributed by atoms with Crippen molar-refractivity contribution in [1.82, 2.24) is 9.80 Å². The Balaban J connectivity index is 4.03. The van der Waals surface area contributed by atoms with E-state index in [1.807, 2.05) is 0 Å². The second-order valence-corrected chi connectivity index (χ2v) is 5.45. The van der Waals surface area contributed by atoms with Gasteiger partial charge in [0.1, 0.15) is 0 Å². The van der Waals surface area contributed by atoms with Gasteiger partial charge in [0, 0.05) is 19.6 Å². The van der Waals surface area contributed by atoms with Gasteiger partial charge in [-0.25, -0.2) is 0 Å². The Morgan fingerprint density at radius 1 is 1.07 bits per heavy atom. The summed E-state index contributed by atoms with van der Waals surface area (Å²) in [6.07, 6.45) is 1.22. The van der Waals surface area contributed by atoms with Gasteiger partial charge < -0.3 is 15.5 Å². The molecule has 0 fully saturated rings. The first-order chi connectivity index (χ1) is 6.91. The molecule has 0 aromatic heterocycles. The molecule has 0 saturated carbocycles. The van der Waals surface area contributed by atoms with E-state index in [1.54, 1.807) is 0 Å². The van der Waals surface area contributed by atoms with Crippen LogP contribution in [0.2, 0.25) is 0 Å². The Bertz CT molecular complexity index is 155. The van der Waals surface area contributed by atoms with Gasteiger partial charge in [-0.3, -0.25) is 0 Å². The summed E-state index contributed by atoms with van der Waals surface area (Å²) in [6, 6.07) is 0. The topological polar surface area (TPSA) is 32.5 Å². The molecule has 0 aliphatic rings. The molecule has 92 valence electrons. The number of nitrogens with two attached hydrogens (primary N) is 1. The molecule has 0 bridgehead atoms. The summed E-state index contributed by atoms with van der Waals surface area (Å²) >= 11 is 0. The summed E-state index contributed by atoms with van der Waals surface area (Å²) in [5.41, 5.74) is 6.01. The predicted octanol–water partition coefficient (Wildman–Crippen LogP) is 1.24. The molecule has 0 aliphatic carbocycles. The third-order valence-corrected chi connectivity index (χ3v) is 2.61. The van der Waals surface area contributed by atoms with E-state index in [9.17, 15) is 0 Å². The minimum Gasteiger partial charge on any atom is -0.330 e.